The van der Waals surface area contributed by atoms with Gasteiger partial charge < -0.3 is 19.4 Å². The topological polar surface area (TPSA) is 111 Å². The third-order valence-electron chi connectivity index (χ3n) is 16.2. The van der Waals surface area contributed by atoms with Crippen LogP contribution in [0.3, 0.4) is 0 Å². The number of rotatable bonds is 66. The Morgan fingerprint density at radius 3 is 1.13 bits per heavy atom. The first-order chi connectivity index (χ1) is 41.4. The van der Waals surface area contributed by atoms with E-state index >= 15 is 0 Å². The monoisotopic (exact) mass is 1210 g/mol. The summed E-state index contributed by atoms with van der Waals surface area (Å²) in [4.78, 5) is 37.9. The Hall–Kier alpha value is -2.55. The van der Waals surface area contributed by atoms with Crippen LogP contribution in [0.15, 0.2) is 72.9 Å². The highest BCUT2D eigenvalue weighted by Crippen LogP contribution is 2.43. The number of quaternary nitrogens is 1. The second-order valence-electron chi connectivity index (χ2n) is 25.7. The molecule has 496 valence electrons. The van der Waals surface area contributed by atoms with Crippen LogP contribution >= 0.6 is 7.82 Å². The molecule has 0 bridgehead atoms. The number of carbonyl (C=O) groups is 2. The summed E-state index contributed by atoms with van der Waals surface area (Å²) in [6.45, 7) is 6.94. The molecule has 0 aliphatic heterocycles. The first kappa shape index (κ1) is 82.5. The van der Waals surface area contributed by atoms with Crippen LogP contribution in [-0.4, -0.2) is 74.3 Å². The summed E-state index contributed by atoms with van der Waals surface area (Å²) in [6, 6.07) is -0.851. The fourth-order valence-corrected chi connectivity index (χ4v) is 11.4. The summed E-state index contributed by atoms with van der Waals surface area (Å²) >= 11 is 0. The van der Waals surface area contributed by atoms with E-state index in [1.807, 2.05) is 33.3 Å². The molecular weight excluding hydrogens is 1070 g/mol. The molecule has 0 rings (SSSR count). The van der Waals surface area contributed by atoms with E-state index in [1.54, 1.807) is 0 Å². The highest BCUT2D eigenvalue weighted by atomic mass is 31.2. The summed E-state index contributed by atoms with van der Waals surface area (Å²) < 4.78 is 30.8. The molecule has 0 heterocycles. The highest BCUT2D eigenvalue weighted by molar-refractivity contribution is 7.47. The maximum absolute atomic E-state index is 13.6. The van der Waals surface area contributed by atoms with Crippen LogP contribution in [-0.2, 0) is 27.9 Å². The van der Waals surface area contributed by atoms with Gasteiger partial charge in [-0.3, -0.25) is 18.6 Å². The molecule has 0 aromatic rings. The lowest BCUT2D eigenvalue weighted by atomic mass is 10.0. The van der Waals surface area contributed by atoms with Crippen LogP contribution < -0.4 is 5.32 Å². The van der Waals surface area contributed by atoms with Crippen molar-refractivity contribution in [2.75, 3.05) is 40.9 Å². The Balaban J connectivity index is 4.98. The van der Waals surface area contributed by atoms with Gasteiger partial charge in [0.1, 0.15) is 19.3 Å². The van der Waals surface area contributed by atoms with Crippen molar-refractivity contribution in [1.82, 2.24) is 5.32 Å². The zero-order valence-electron chi connectivity index (χ0n) is 56.9. The van der Waals surface area contributed by atoms with Gasteiger partial charge in [-0.15, -0.1) is 0 Å². The number of phosphoric acid groups is 1. The Kier molecular flexibility index (Phi) is 62.5. The van der Waals surface area contributed by atoms with E-state index in [0.717, 1.165) is 89.9 Å². The number of hydrogen-bond acceptors (Lipinski definition) is 6. The van der Waals surface area contributed by atoms with Gasteiger partial charge in [-0.2, -0.15) is 0 Å². The van der Waals surface area contributed by atoms with Gasteiger partial charge in [-0.1, -0.05) is 325 Å². The molecule has 0 aromatic heterocycles. The maximum atomic E-state index is 13.6. The van der Waals surface area contributed by atoms with Crippen LogP contribution in [0.4, 0.5) is 0 Å². The molecule has 0 aliphatic rings. The van der Waals surface area contributed by atoms with E-state index in [0.29, 0.717) is 23.9 Å². The van der Waals surface area contributed by atoms with Gasteiger partial charge in [-0.25, -0.2) is 4.57 Å². The Bertz CT molecular complexity index is 1680. The number of ether oxygens (including phenoxy) is 1. The summed E-state index contributed by atoms with van der Waals surface area (Å²) in [7, 11) is 1.50. The average Bonchev–Trinajstić information content (AvgIpc) is 3.64. The van der Waals surface area contributed by atoms with E-state index in [4.69, 9.17) is 13.8 Å². The molecule has 0 saturated carbocycles. The molecule has 0 aromatic carbocycles. The summed E-state index contributed by atoms with van der Waals surface area (Å²) in [5.74, 6) is -0.496. The van der Waals surface area contributed by atoms with E-state index in [-0.39, 0.29) is 25.1 Å². The predicted octanol–water partition coefficient (Wildman–Crippen LogP) is 23.1. The lowest BCUT2D eigenvalue weighted by Crippen LogP contribution is -2.47. The van der Waals surface area contributed by atoms with Crippen molar-refractivity contribution >= 4 is 19.7 Å². The van der Waals surface area contributed by atoms with Gasteiger partial charge in [0.05, 0.1) is 33.8 Å². The largest absolute Gasteiger partial charge is 0.472 e. The maximum Gasteiger partial charge on any atom is 0.472 e. The van der Waals surface area contributed by atoms with Crippen LogP contribution in [0.25, 0.3) is 0 Å². The van der Waals surface area contributed by atoms with Gasteiger partial charge in [-0.05, 0) is 76.7 Å². The van der Waals surface area contributed by atoms with Crippen LogP contribution in [0.2, 0.25) is 0 Å². The third-order valence-corrected chi connectivity index (χ3v) is 17.1. The fraction of sp³-hybridized carbons (Fsp3) is 0.813. The Morgan fingerprint density at radius 1 is 0.424 bits per heavy atom. The van der Waals surface area contributed by atoms with Crippen molar-refractivity contribution in [3.05, 3.63) is 72.9 Å². The number of esters is 1. The van der Waals surface area contributed by atoms with Gasteiger partial charge in [0.15, 0.2) is 0 Å². The molecule has 1 amide bonds. The molecule has 3 unspecified atom stereocenters. The SMILES string of the molecule is CC/C=C\C/C=C\C/C=C\C/C=C\C/C=C\CCCCCCCCCCCCCC(=O)NC(COP(=O)(O)OCC[N+](C)(C)C)C(/C=C\CCCCCCCCCCC)OC(=O)CCCCCCCCCCCCCCCCCCCCCCC. The van der Waals surface area contributed by atoms with E-state index < -0.39 is 20.0 Å². The van der Waals surface area contributed by atoms with E-state index in [1.165, 1.54) is 218 Å². The van der Waals surface area contributed by atoms with Crippen LogP contribution in [0.1, 0.15) is 342 Å². The molecule has 0 saturated heterocycles. The number of phosphoric ester groups is 1. The molecule has 0 spiro atoms. The predicted molar refractivity (Wildman–Crippen MR) is 369 cm³/mol. The average molecular weight is 1210 g/mol. The normalized spacial score (nSPS) is 13.9. The first-order valence-corrected chi connectivity index (χ1v) is 37.8. The molecule has 3 atom stereocenters. The fourth-order valence-electron chi connectivity index (χ4n) is 10.6. The number of carbonyl (C=O) groups excluding carboxylic acids is 2. The van der Waals surface area contributed by atoms with E-state index in [2.05, 4.69) is 86.8 Å². The number of amides is 1. The number of hydrogen-bond donors (Lipinski definition) is 2. The summed E-state index contributed by atoms with van der Waals surface area (Å²) in [5, 5.41) is 3.07. The third kappa shape index (κ3) is 65.7. The van der Waals surface area contributed by atoms with Crippen molar-refractivity contribution < 1.29 is 37.3 Å². The van der Waals surface area contributed by atoms with Crippen molar-refractivity contribution in [1.29, 1.82) is 0 Å². The number of allylic oxidation sites excluding steroid dienone is 11. The Morgan fingerprint density at radius 2 is 0.753 bits per heavy atom. The zero-order chi connectivity index (χ0) is 62.1. The first-order valence-electron chi connectivity index (χ1n) is 36.3. The zero-order valence-corrected chi connectivity index (χ0v) is 57.7. The van der Waals surface area contributed by atoms with Crippen LogP contribution in [0, 0.1) is 0 Å². The molecule has 10 heteroatoms. The van der Waals surface area contributed by atoms with Crippen molar-refractivity contribution in [3.8, 4) is 0 Å². The minimum absolute atomic E-state index is 0.0395. The van der Waals surface area contributed by atoms with E-state index in [9.17, 15) is 19.0 Å². The minimum Gasteiger partial charge on any atom is -0.456 e. The molecular formula is C75H140N2O7P+. The lowest BCUT2D eigenvalue weighted by molar-refractivity contribution is -0.870. The van der Waals surface area contributed by atoms with Gasteiger partial charge in [0.2, 0.25) is 5.91 Å². The molecule has 0 radical (unpaired) electrons. The number of likely N-dealkylation sites (N-methyl/N-ethyl adjacent to an activating group) is 1. The van der Waals surface area contributed by atoms with Crippen molar-refractivity contribution in [3.63, 3.8) is 0 Å². The number of unbranched alkanes of at least 4 members (excludes halogenated alkanes) is 40. The Labute approximate surface area is 527 Å². The molecule has 85 heavy (non-hydrogen) atoms. The second-order valence-corrected chi connectivity index (χ2v) is 27.2. The minimum atomic E-state index is -4.45. The smallest absolute Gasteiger partial charge is 0.456 e. The summed E-state index contributed by atoms with van der Waals surface area (Å²) in [6.07, 6.45) is 84.9. The molecule has 0 aliphatic carbocycles. The van der Waals surface area contributed by atoms with Crippen molar-refractivity contribution in [2.24, 2.45) is 0 Å². The molecule has 9 nitrogen and oxygen atoms in total. The second kappa shape index (κ2) is 64.4. The number of nitrogens with one attached hydrogen (secondary N) is 1. The summed E-state index contributed by atoms with van der Waals surface area (Å²) in [5.41, 5.74) is 0. The van der Waals surface area contributed by atoms with Gasteiger partial charge in [0, 0.05) is 12.8 Å². The highest BCUT2D eigenvalue weighted by Gasteiger charge is 2.30. The quantitative estimate of drug-likeness (QED) is 0.0205. The molecule has 2 N–H and O–H groups in total. The number of nitrogens with zero attached hydrogens (tertiary/aromatic N) is 1. The lowest BCUT2D eigenvalue weighted by Gasteiger charge is -2.27. The van der Waals surface area contributed by atoms with Gasteiger partial charge in [0.25, 0.3) is 0 Å². The molecule has 0 fully saturated rings. The van der Waals surface area contributed by atoms with Crippen molar-refractivity contribution in [2.45, 2.75) is 354 Å². The standard InChI is InChI=1S/C75H139N2O7P/c1-7-10-13-16-19-22-25-27-29-31-33-35-36-37-38-39-40-42-43-45-47-49-52-55-58-61-64-67-74(78)76-72(71-83-85(80,81)82-70-69-77(4,5)6)73(66-63-60-57-54-51-24-21-18-15-12-9-3)84-75(79)68-65-62-59-56-53-50-48-46-44-41-34-32-30-28-26-23-20-17-14-11-8-2/h10,13,19,22,27,29,33,35,37-38,63,66,72-73H,7-9,11-12,14-18,20-21,23-26,28,30-32,34,36,39-62,64-65,67-71H2,1-6H3,(H-,76,78,80,81)/p+1/b13-10-,22-19-,29-27-,35-33-,38-37-,66-63-. The van der Waals surface area contributed by atoms with Gasteiger partial charge >= 0.3 is 13.8 Å². The van der Waals surface area contributed by atoms with Crippen LogP contribution in [0.5, 0.6) is 0 Å².